The minimum atomic E-state index is -0.480. The standard InChI is InChI=1S/C37H53N3O6/c1-26-23-40(27(2)25-41)37(44)32-22-31(38-35(42)21-29-14-7-5-8-15-29)18-19-33(32)46-28(3)13-11-12-20-45-34(26)24-39(4)36(43)30-16-9-6-10-17-30/h5,7-8,14-15,18-19,22,26-28,30,34,41H,6,9-13,16-17,20-21,23-25H2,1-4H3,(H,38,42)/t26-,27-,28-,34+/m1/s1. The summed E-state index contributed by atoms with van der Waals surface area (Å²) in [5.74, 6) is 0.0874. The number of aliphatic hydroxyl groups is 1. The van der Waals surface area contributed by atoms with E-state index < -0.39 is 6.04 Å². The number of carbonyl (C=O) groups excluding carboxylic acids is 3. The quantitative estimate of drug-likeness (QED) is 0.385. The Balaban J connectivity index is 1.58. The number of amides is 3. The highest BCUT2D eigenvalue weighted by atomic mass is 16.5. The molecule has 0 saturated heterocycles. The van der Waals surface area contributed by atoms with Crippen molar-refractivity contribution in [2.45, 2.75) is 96.8 Å². The number of hydrogen-bond acceptors (Lipinski definition) is 6. The lowest BCUT2D eigenvalue weighted by atomic mass is 9.88. The van der Waals surface area contributed by atoms with E-state index in [0.29, 0.717) is 36.7 Å². The molecule has 1 saturated carbocycles. The summed E-state index contributed by atoms with van der Waals surface area (Å²) in [6, 6.07) is 14.2. The Morgan fingerprint density at radius 1 is 1.02 bits per heavy atom. The summed E-state index contributed by atoms with van der Waals surface area (Å²) in [6.07, 6.45) is 7.58. The van der Waals surface area contributed by atoms with Gasteiger partial charge in [0.15, 0.2) is 0 Å². The van der Waals surface area contributed by atoms with Crippen molar-refractivity contribution in [3.05, 3.63) is 59.7 Å². The molecule has 0 bridgehead atoms. The van der Waals surface area contributed by atoms with E-state index in [-0.39, 0.29) is 54.8 Å². The van der Waals surface area contributed by atoms with Crippen molar-refractivity contribution in [2.24, 2.45) is 11.8 Å². The number of nitrogens with one attached hydrogen (secondary N) is 1. The number of carbonyl (C=O) groups is 3. The molecule has 2 aromatic carbocycles. The van der Waals surface area contributed by atoms with Gasteiger partial charge in [-0.3, -0.25) is 14.4 Å². The molecule has 1 aliphatic heterocycles. The predicted molar refractivity (Wildman–Crippen MR) is 180 cm³/mol. The van der Waals surface area contributed by atoms with Crippen LogP contribution in [0.3, 0.4) is 0 Å². The highest BCUT2D eigenvalue weighted by molar-refractivity contribution is 6.00. The number of fused-ring (bicyclic) bond motifs is 1. The van der Waals surface area contributed by atoms with Crippen molar-refractivity contribution >= 4 is 23.4 Å². The van der Waals surface area contributed by atoms with Crippen molar-refractivity contribution in [3.63, 3.8) is 0 Å². The smallest absolute Gasteiger partial charge is 0.258 e. The van der Waals surface area contributed by atoms with Gasteiger partial charge in [0.1, 0.15) is 5.75 Å². The zero-order valence-corrected chi connectivity index (χ0v) is 28.1. The molecule has 9 nitrogen and oxygen atoms in total. The molecule has 4 atom stereocenters. The first kappa shape index (κ1) is 35.4. The number of benzene rings is 2. The lowest BCUT2D eigenvalue weighted by Crippen LogP contribution is -2.48. The Kier molecular flexibility index (Phi) is 13.5. The summed E-state index contributed by atoms with van der Waals surface area (Å²) >= 11 is 0. The maximum atomic E-state index is 14.3. The van der Waals surface area contributed by atoms with Gasteiger partial charge in [-0.2, -0.15) is 0 Å². The second kappa shape index (κ2) is 17.5. The van der Waals surface area contributed by atoms with Crippen LogP contribution in [-0.2, 0) is 20.7 Å². The molecule has 1 fully saturated rings. The first-order chi connectivity index (χ1) is 22.2. The molecule has 1 heterocycles. The average Bonchev–Trinajstić information content (AvgIpc) is 3.06. The van der Waals surface area contributed by atoms with Gasteiger partial charge in [-0.1, -0.05) is 56.5 Å². The van der Waals surface area contributed by atoms with Crippen LogP contribution in [0.4, 0.5) is 5.69 Å². The summed E-state index contributed by atoms with van der Waals surface area (Å²) in [7, 11) is 1.86. The minimum absolute atomic E-state index is 0.0698. The fourth-order valence-corrected chi connectivity index (χ4v) is 6.47. The molecule has 0 radical (unpaired) electrons. The second-order valence-corrected chi connectivity index (χ2v) is 13.3. The zero-order chi connectivity index (χ0) is 33.1. The Bertz CT molecular complexity index is 1280. The van der Waals surface area contributed by atoms with Crippen molar-refractivity contribution in [1.82, 2.24) is 9.80 Å². The van der Waals surface area contributed by atoms with Gasteiger partial charge in [0, 0.05) is 44.3 Å². The molecular formula is C37H53N3O6. The molecule has 252 valence electrons. The van der Waals surface area contributed by atoms with Gasteiger partial charge >= 0.3 is 0 Å². The van der Waals surface area contributed by atoms with Crippen molar-refractivity contribution in [3.8, 4) is 5.75 Å². The molecule has 0 unspecified atom stereocenters. The van der Waals surface area contributed by atoms with E-state index in [4.69, 9.17) is 9.47 Å². The van der Waals surface area contributed by atoms with Crippen LogP contribution in [0.5, 0.6) is 5.75 Å². The van der Waals surface area contributed by atoms with Crippen LogP contribution < -0.4 is 10.1 Å². The third-order valence-electron chi connectivity index (χ3n) is 9.33. The number of rotatable bonds is 8. The molecule has 2 aliphatic rings. The lowest BCUT2D eigenvalue weighted by Gasteiger charge is -2.36. The lowest BCUT2D eigenvalue weighted by molar-refractivity contribution is -0.138. The van der Waals surface area contributed by atoms with Gasteiger partial charge in [-0.15, -0.1) is 0 Å². The monoisotopic (exact) mass is 635 g/mol. The fourth-order valence-electron chi connectivity index (χ4n) is 6.47. The molecule has 4 rings (SSSR count). The molecule has 0 aromatic heterocycles. The van der Waals surface area contributed by atoms with Crippen molar-refractivity contribution < 1.29 is 29.0 Å². The van der Waals surface area contributed by atoms with Crippen molar-refractivity contribution in [1.29, 1.82) is 0 Å². The van der Waals surface area contributed by atoms with E-state index in [1.807, 2.05) is 63.1 Å². The number of hydrogen-bond donors (Lipinski definition) is 2. The molecular weight excluding hydrogens is 582 g/mol. The normalized spacial score (nSPS) is 22.6. The van der Waals surface area contributed by atoms with E-state index in [0.717, 1.165) is 50.5 Å². The van der Waals surface area contributed by atoms with Crippen LogP contribution in [-0.4, -0.2) is 84.2 Å². The topological polar surface area (TPSA) is 108 Å². The second-order valence-electron chi connectivity index (χ2n) is 13.3. The van der Waals surface area contributed by atoms with Gasteiger partial charge in [-0.05, 0) is 69.7 Å². The number of likely N-dealkylation sites (N-methyl/N-ethyl adjacent to an activating group) is 1. The maximum Gasteiger partial charge on any atom is 0.258 e. The first-order valence-corrected chi connectivity index (χ1v) is 17.1. The van der Waals surface area contributed by atoms with E-state index in [2.05, 4.69) is 5.32 Å². The van der Waals surface area contributed by atoms with Crippen LogP contribution in [0, 0.1) is 11.8 Å². The van der Waals surface area contributed by atoms with E-state index in [9.17, 15) is 19.5 Å². The van der Waals surface area contributed by atoms with E-state index in [1.165, 1.54) is 6.42 Å². The van der Waals surface area contributed by atoms with Gasteiger partial charge in [0.05, 0.1) is 36.8 Å². The fraction of sp³-hybridized carbons (Fsp3) is 0.595. The third kappa shape index (κ3) is 10.0. The molecule has 46 heavy (non-hydrogen) atoms. The Morgan fingerprint density at radius 2 is 1.74 bits per heavy atom. The SMILES string of the molecule is C[C@@H]1CCCCO[C@@H](CN(C)C(=O)C2CCCCC2)[C@H](C)CN([C@H](C)CO)C(=O)c2cc(NC(=O)Cc3ccccc3)ccc2O1. The Morgan fingerprint density at radius 3 is 2.46 bits per heavy atom. The Labute approximate surface area is 274 Å². The van der Waals surface area contributed by atoms with Crippen LogP contribution in [0.25, 0.3) is 0 Å². The molecule has 0 spiro atoms. The summed E-state index contributed by atoms with van der Waals surface area (Å²) < 4.78 is 12.7. The highest BCUT2D eigenvalue weighted by Gasteiger charge is 2.32. The number of anilines is 1. The van der Waals surface area contributed by atoms with Gasteiger partial charge in [-0.25, -0.2) is 0 Å². The van der Waals surface area contributed by atoms with Crippen LogP contribution in [0.2, 0.25) is 0 Å². The zero-order valence-electron chi connectivity index (χ0n) is 28.1. The van der Waals surface area contributed by atoms with E-state index >= 15 is 0 Å². The molecule has 3 amide bonds. The van der Waals surface area contributed by atoms with Crippen LogP contribution in [0.15, 0.2) is 48.5 Å². The number of ether oxygens (including phenoxy) is 2. The van der Waals surface area contributed by atoms with Crippen LogP contribution in [0.1, 0.15) is 88.1 Å². The minimum Gasteiger partial charge on any atom is -0.490 e. The summed E-state index contributed by atoms with van der Waals surface area (Å²) in [6.45, 7) is 6.94. The average molecular weight is 636 g/mol. The highest BCUT2D eigenvalue weighted by Crippen LogP contribution is 2.29. The summed E-state index contributed by atoms with van der Waals surface area (Å²) in [5.41, 5.74) is 1.72. The number of aliphatic hydroxyl groups excluding tert-OH is 1. The summed E-state index contributed by atoms with van der Waals surface area (Å²) in [5, 5.41) is 13.2. The molecule has 9 heteroatoms. The van der Waals surface area contributed by atoms with E-state index in [1.54, 1.807) is 23.1 Å². The molecule has 2 aromatic rings. The van der Waals surface area contributed by atoms with Crippen LogP contribution >= 0.6 is 0 Å². The largest absolute Gasteiger partial charge is 0.490 e. The van der Waals surface area contributed by atoms with Gasteiger partial charge in [0.25, 0.3) is 5.91 Å². The molecule has 1 aliphatic carbocycles. The number of nitrogens with zero attached hydrogens (tertiary/aromatic N) is 2. The van der Waals surface area contributed by atoms with Gasteiger partial charge in [0.2, 0.25) is 11.8 Å². The van der Waals surface area contributed by atoms with Crippen molar-refractivity contribution in [2.75, 3.05) is 38.7 Å². The Hall–Kier alpha value is -3.43. The van der Waals surface area contributed by atoms with Gasteiger partial charge < -0.3 is 29.7 Å². The third-order valence-corrected chi connectivity index (χ3v) is 9.33. The first-order valence-electron chi connectivity index (χ1n) is 17.1. The summed E-state index contributed by atoms with van der Waals surface area (Å²) in [4.78, 5) is 44.0. The predicted octanol–water partition coefficient (Wildman–Crippen LogP) is 5.70. The maximum absolute atomic E-state index is 14.3. The molecule has 2 N–H and O–H groups in total.